The molecule has 7 heteroatoms. The van der Waals surface area contributed by atoms with Gasteiger partial charge in [-0.1, -0.05) is 0 Å². The fraction of sp³-hybridized carbons (Fsp3) is 0.611. The summed E-state index contributed by atoms with van der Waals surface area (Å²) >= 11 is 0. The highest BCUT2D eigenvalue weighted by Crippen LogP contribution is 2.36. The third-order valence-electron chi connectivity index (χ3n) is 5.35. The first-order valence-corrected chi connectivity index (χ1v) is 9.25. The summed E-state index contributed by atoms with van der Waals surface area (Å²) in [5.41, 5.74) is 7.15. The molecule has 0 spiro atoms. The van der Waals surface area contributed by atoms with Crippen LogP contribution in [-0.4, -0.2) is 52.2 Å². The molecular weight excluding hydrogens is 314 g/mol. The van der Waals surface area contributed by atoms with E-state index in [-0.39, 0.29) is 0 Å². The van der Waals surface area contributed by atoms with E-state index in [1.54, 1.807) is 0 Å². The Morgan fingerprint density at radius 1 is 1.24 bits per heavy atom. The second-order valence-electron chi connectivity index (χ2n) is 7.30. The van der Waals surface area contributed by atoms with Gasteiger partial charge in [-0.25, -0.2) is 9.97 Å². The van der Waals surface area contributed by atoms with Gasteiger partial charge in [0, 0.05) is 63.6 Å². The standard InChI is InChI=1S/C18H27N7/c1-23(8-9-24-7-4-20-13-24)17-12-16(14-10-15(19)11-14)21-18(22-17)25-5-2-3-6-25/h4,7,12-15H,2-3,5-6,8-11,19H2,1H3. The predicted octanol–water partition coefficient (Wildman–Crippen LogP) is 1.61. The lowest BCUT2D eigenvalue weighted by molar-refractivity contribution is 0.345. The van der Waals surface area contributed by atoms with Crippen LogP contribution in [0.15, 0.2) is 24.8 Å². The lowest BCUT2D eigenvalue weighted by atomic mass is 9.78. The third kappa shape index (κ3) is 3.61. The lowest BCUT2D eigenvalue weighted by Gasteiger charge is -2.33. The molecule has 0 aromatic carbocycles. The second-order valence-corrected chi connectivity index (χ2v) is 7.30. The summed E-state index contributed by atoms with van der Waals surface area (Å²) in [7, 11) is 2.10. The maximum Gasteiger partial charge on any atom is 0.227 e. The largest absolute Gasteiger partial charge is 0.358 e. The molecule has 2 N–H and O–H groups in total. The number of hydrogen-bond acceptors (Lipinski definition) is 6. The van der Waals surface area contributed by atoms with Crippen LogP contribution in [0, 0.1) is 0 Å². The van der Waals surface area contributed by atoms with E-state index in [1.165, 1.54) is 12.8 Å². The fourth-order valence-corrected chi connectivity index (χ4v) is 3.61. The highest BCUT2D eigenvalue weighted by Gasteiger charge is 2.30. The summed E-state index contributed by atoms with van der Waals surface area (Å²) in [4.78, 5) is 18.4. The van der Waals surface area contributed by atoms with Crippen molar-refractivity contribution in [2.75, 3.05) is 36.5 Å². The van der Waals surface area contributed by atoms with Gasteiger partial charge in [-0.15, -0.1) is 0 Å². The topological polar surface area (TPSA) is 76.1 Å². The molecule has 2 aromatic heterocycles. The van der Waals surface area contributed by atoms with Crippen molar-refractivity contribution in [3.8, 4) is 0 Å². The van der Waals surface area contributed by atoms with Gasteiger partial charge in [0.1, 0.15) is 5.82 Å². The summed E-state index contributed by atoms with van der Waals surface area (Å²) in [6.45, 7) is 3.90. The summed E-state index contributed by atoms with van der Waals surface area (Å²) in [6, 6.07) is 2.49. The minimum absolute atomic E-state index is 0.331. The van der Waals surface area contributed by atoms with Crippen LogP contribution < -0.4 is 15.5 Å². The molecule has 0 radical (unpaired) electrons. The van der Waals surface area contributed by atoms with Crippen molar-refractivity contribution >= 4 is 11.8 Å². The zero-order valence-electron chi connectivity index (χ0n) is 14.9. The molecule has 2 aromatic rings. The molecule has 1 saturated heterocycles. The van der Waals surface area contributed by atoms with Gasteiger partial charge in [0.05, 0.1) is 12.0 Å². The van der Waals surface area contributed by atoms with Gasteiger partial charge in [0.15, 0.2) is 0 Å². The summed E-state index contributed by atoms with van der Waals surface area (Å²) in [5.74, 6) is 2.38. The Balaban J connectivity index is 1.54. The van der Waals surface area contributed by atoms with Crippen molar-refractivity contribution in [3.63, 3.8) is 0 Å². The van der Waals surface area contributed by atoms with E-state index >= 15 is 0 Å². The molecule has 0 atom stereocenters. The highest BCUT2D eigenvalue weighted by atomic mass is 15.3. The number of nitrogens with zero attached hydrogens (tertiary/aromatic N) is 6. The Kier molecular flexibility index (Phi) is 4.57. The van der Waals surface area contributed by atoms with Crippen molar-refractivity contribution in [1.29, 1.82) is 0 Å². The van der Waals surface area contributed by atoms with E-state index in [1.807, 2.05) is 18.7 Å². The van der Waals surface area contributed by atoms with E-state index in [0.717, 1.165) is 56.5 Å². The van der Waals surface area contributed by atoms with E-state index < -0.39 is 0 Å². The molecule has 0 unspecified atom stereocenters. The highest BCUT2D eigenvalue weighted by molar-refractivity contribution is 5.47. The van der Waals surface area contributed by atoms with Crippen molar-refractivity contribution < 1.29 is 0 Å². The normalized spacial score (nSPS) is 22.9. The average Bonchev–Trinajstić information content (AvgIpc) is 3.29. The Hall–Kier alpha value is -2.15. The first-order chi connectivity index (χ1) is 12.2. The SMILES string of the molecule is CN(CCn1ccnc1)c1cc(C2CC(N)C2)nc(N2CCCC2)n1. The van der Waals surface area contributed by atoms with Gasteiger partial charge in [-0.3, -0.25) is 0 Å². The molecular formula is C18H27N7. The molecule has 0 bridgehead atoms. The molecule has 25 heavy (non-hydrogen) atoms. The first kappa shape index (κ1) is 16.3. The van der Waals surface area contributed by atoms with Crippen molar-refractivity contribution in [2.45, 2.75) is 44.2 Å². The van der Waals surface area contributed by atoms with Gasteiger partial charge in [-0.05, 0) is 25.7 Å². The number of anilines is 2. The Morgan fingerprint density at radius 2 is 2.04 bits per heavy atom. The number of likely N-dealkylation sites (N-methyl/N-ethyl adjacent to an activating group) is 1. The van der Waals surface area contributed by atoms with Gasteiger partial charge in [-0.2, -0.15) is 4.98 Å². The van der Waals surface area contributed by atoms with Crippen LogP contribution in [0.4, 0.5) is 11.8 Å². The number of imidazole rings is 1. The quantitative estimate of drug-likeness (QED) is 0.860. The second kappa shape index (κ2) is 7.00. The molecule has 134 valence electrons. The van der Waals surface area contributed by atoms with Crippen LogP contribution >= 0.6 is 0 Å². The average molecular weight is 341 g/mol. The van der Waals surface area contributed by atoms with Crippen LogP contribution in [-0.2, 0) is 6.54 Å². The van der Waals surface area contributed by atoms with E-state index in [2.05, 4.69) is 32.5 Å². The number of nitrogens with two attached hydrogens (primary N) is 1. The smallest absolute Gasteiger partial charge is 0.227 e. The molecule has 3 heterocycles. The zero-order valence-corrected chi connectivity index (χ0v) is 14.9. The summed E-state index contributed by atoms with van der Waals surface area (Å²) < 4.78 is 2.09. The van der Waals surface area contributed by atoms with Gasteiger partial charge in [0.2, 0.25) is 5.95 Å². The van der Waals surface area contributed by atoms with E-state index in [4.69, 9.17) is 15.7 Å². The monoisotopic (exact) mass is 341 g/mol. The van der Waals surface area contributed by atoms with E-state index in [9.17, 15) is 0 Å². The summed E-state index contributed by atoms with van der Waals surface area (Å²) in [6.07, 6.45) is 10.2. The van der Waals surface area contributed by atoms with Crippen LogP contribution in [0.1, 0.15) is 37.3 Å². The molecule has 4 rings (SSSR count). The number of hydrogen-bond donors (Lipinski definition) is 1. The van der Waals surface area contributed by atoms with Crippen LogP contribution in [0.5, 0.6) is 0 Å². The van der Waals surface area contributed by atoms with E-state index in [0.29, 0.717) is 12.0 Å². The molecule has 1 aliphatic heterocycles. The van der Waals surface area contributed by atoms with Crippen molar-refractivity contribution in [1.82, 2.24) is 19.5 Å². The molecule has 7 nitrogen and oxygen atoms in total. The maximum absolute atomic E-state index is 5.99. The number of aromatic nitrogens is 4. The first-order valence-electron chi connectivity index (χ1n) is 9.25. The van der Waals surface area contributed by atoms with Gasteiger partial charge < -0.3 is 20.1 Å². The third-order valence-corrected chi connectivity index (χ3v) is 5.35. The van der Waals surface area contributed by atoms with Crippen LogP contribution in [0.25, 0.3) is 0 Å². The molecule has 2 fully saturated rings. The molecule has 2 aliphatic rings. The lowest BCUT2D eigenvalue weighted by Crippen LogP contribution is -2.36. The molecule has 1 saturated carbocycles. The number of rotatable bonds is 6. The minimum atomic E-state index is 0.331. The molecule has 0 amide bonds. The molecule has 1 aliphatic carbocycles. The maximum atomic E-state index is 5.99. The van der Waals surface area contributed by atoms with Gasteiger partial charge in [0.25, 0.3) is 0 Å². The predicted molar refractivity (Wildman–Crippen MR) is 98.9 cm³/mol. The van der Waals surface area contributed by atoms with Crippen LogP contribution in [0.3, 0.4) is 0 Å². The minimum Gasteiger partial charge on any atom is -0.358 e. The van der Waals surface area contributed by atoms with Gasteiger partial charge >= 0.3 is 0 Å². The van der Waals surface area contributed by atoms with Crippen LogP contribution in [0.2, 0.25) is 0 Å². The Bertz CT molecular complexity index is 687. The zero-order chi connectivity index (χ0) is 17.2. The fourth-order valence-electron chi connectivity index (χ4n) is 3.61. The Morgan fingerprint density at radius 3 is 2.72 bits per heavy atom. The van der Waals surface area contributed by atoms with Crippen molar-refractivity contribution in [3.05, 3.63) is 30.5 Å². The Labute approximate surface area is 148 Å². The van der Waals surface area contributed by atoms with Crippen molar-refractivity contribution in [2.24, 2.45) is 5.73 Å². The summed E-state index contributed by atoms with van der Waals surface area (Å²) in [5, 5.41) is 0.